The Kier molecular flexibility index (Phi) is 3.39. The number of rotatable bonds is 4. The highest BCUT2D eigenvalue weighted by Gasteiger charge is 2.13. The maximum absolute atomic E-state index is 6.16. The van der Waals surface area contributed by atoms with Crippen molar-refractivity contribution >= 4 is 0 Å². The van der Waals surface area contributed by atoms with Crippen LogP contribution in [-0.2, 0) is 13.5 Å². The monoisotopic (exact) mass is 232 g/mol. The zero-order valence-electron chi connectivity index (χ0n) is 10.00. The fraction of sp³-hybridized carbons (Fsp3) is 0.333. The van der Waals surface area contributed by atoms with E-state index in [9.17, 15) is 0 Å². The van der Waals surface area contributed by atoms with E-state index in [-0.39, 0.29) is 6.04 Å². The maximum Gasteiger partial charge on any atom is 0.123 e. The summed E-state index contributed by atoms with van der Waals surface area (Å²) < 4.78 is 6.96. The lowest BCUT2D eigenvalue weighted by Gasteiger charge is -2.14. The molecule has 1 aromatic carbocycles. The molecule has 5 heteroatoms. The SMILES string of the molecule is COc1ccccc1C(N)Cc1cn(C)nn1. The van der Waals surface area contributed by atoms with Gasteiger partial charge in [0.15, 0.2) is 0 Å². The molecule has 2 N–H and O–H groups in total. The highest BCUT2D eigenvalue weighted by atomic mass is 16.5. The maximum atomic E-state index is 6.16. The van der Waals surface area contributed by atoms with Crippen LogP contribution in [0.5, 0.6) is 5.75 Å². The van der Waals surface area contributed by atoms with Gasteiger partial charge in [-0.25, -0.2) is 0 Å². The molecule has 0 saturated heterocycles. The fourth-order valence-corrected chi connectivity index (χ4v) is 1.80. The summed E-state index contributed by atoms with van der Waals surface area (Å²) in [7, 11) is 3.49. The van der Waals surface area contributed by atoms with E-state index in [1.165, 1.54) is 0 Å². The molecule has 1 heterocycles. The Morgan fingerprint density at radius 1 is 1.41 bits per heavy atom. The average molecular weight is 232 g/mol. The molecule has 0 fully saturated rings. The van der Waals surface area contributed by atoms with Crippen LogP contribution >= 0.6 is 0 Å². The van der Waals surface area contributed by atoms with Gasteiger partial charge in [0.2, 0.25) is 0 Å². The van der Waals surface area contributed by atoms with Gasteiger partial charge in [-0.05, 0) is 6.07 Å². The first kappa shape index (κ1) is 11.6. The second kappa shape index (κ2) is 4.97. The average Bonchev–Trinajstić information content (AvgIpc) is 2.74. The third-order valence-electron chi connectivity index (χ3n) is 2.62. The van der Waals surface area contributed by atoms with Crippen molar-refractivity contribution in [1.82, 2.24) is 15.0 Å². The van der Waals surface area contributed by atoms with E-state index in [4.69, 9.17) is 10.5 Å². The molecule has 0 aliphatic heterocycles. The van der Waals surface area contributed by atoms with E-state index in [0.717, 1.165) is 17.0 Å². The molecule has 0 radical (unpaired) electrons. The lowest BCUT2D eigenvalue weighted by atomic mass is 10.0. The number of nitrogens with two attached hydrogens (primary N) is 1. The molecule has 90 valence electrons. The topological polar surface area (TPSA) is 66.0 Å². The van der Waals surface area contributed by atoms with E-state index in [1.54, 1.807) is 11.8 Å². The van der Waals surface area contributed by atoms with Crippen molar-refractivity contribution in [1.29, 1.82) is 0 Å². The van der Waals surface area contributed by atoms with Gasteiger partial charge in [-0.15, -0.1) is 5.10 Å². The Bertz CT molecular complexity index is 495. The van der Waals surface area contributed by atoms with Gasteiger partial charge < -0.3 is 10.5 Å². The Morgan fingerprint density at radius 3 is 2.82 bits per heavy atom. The van der Waals surface area contributed by atoms with Crippen molar-refractivity contribution in [3.8, 4) is 5.75 Å². The first-order chi connectivity index (χ1) is 8.20. The largest absolute Gasteiger partial charge is 0.496 e. The van der Waals surface area contributed by atoms with E-state index < -0.39 is 0 Å². The van der Waals surface area contributed by atoms with Crippen molar-refractivity contribution in [2.24, 2.45) is 12.8 Å². The minimum Gasteiger partial charge on any atom is -0.496 e. The van der Waals surface area contributed by atoms with Gasteiger partial charge in [0.1, 0.15) is 5.75 Å². The third-order valence-corrected chi connectivity index (χ3v) is 2.62. The van der Waals surface area contributed by atoms with Crippen LogP contribution in [0.1, 0.15) is 17.3 Å². The number of ether oxygens (including phenoxy) is 1. The molecule has 0 spiro atoms. The van der Waals surface area contributed by atoms with Gasteiger partial charge >= 0.3 is 0 Å². The van der Waals surface area contributed by atoms with Gasteiger partial charge in [0.05, 0.1) is 12.8 Å². The summed E-state index contributed by atoms with van der Waals surface area (Å²) in [5.41, 5.74) is 8.02. The summed E-state index contributed by atoms with van der Waals surface area (Å²) in [6.07, 6.45) is 2.52. The molecule has 0 bridgehead atoms. The molecule has 5 nitrogen and oxygen atoms in total. The summed E-state index contributed by atoms with van der Waals surface area (Å²) in [5.74, 6) is 0.809. The molecule has 1 unspecified atom stereocenters. The number of aromatic nitrogens is 3. The number of nitrogens with zero attached hydrogens (tertiary/aromatic N) is 3. The zero-order chi connectivity index (χ0) is 12.3. The van der Waals surface area contributed by atoms with Crippen LogP contribution < -0.4 is 10.5 Å². The van der Waals surface area contributed by atoms with Crippen LogP contribution in [0.15, 0.2) is 30.5 Å². The van der Waals surface area contributed by atoms with Crippen LogP contribution in [0.25, 0.3) is 0 Å². The lowest BCUT2D eigenvalue weighted by molar-refractivity contribution is 0.405. The molecule has 1 atom stereocenters. The minimum atomic E-state index is -0.136. The van der Waals surface area contributed by atoms with Crippen molar-refractivity contribution < 1.29 is 4.74 Å². The summed E-state index contributed by atoms with van der Waals surface area (Å²) in [4.78, 5) is 0. The summed E-state index contributed by atoms with van der Waals surface area (Å²) >= 11 is 0. The minimum absolute atomic E-state index is 0.136. The number of hydrogen-bond acceptors (Lipinski definition) is 4. The fourth-order valence-electron chi connectivity index (χ4n) is 1.80. The van der Waals surface area contributed by atoms with Crippen LogP contribution in [0.2, 0.25) is 0 Å². The first-order valence-electron chi connectivity index (χ1n) is 5.44. The number of methoxy groups -OCH3 is 1. The smallest absolute Gasteiger partial charge is 0.123 e. The molecular weight excluding hydrogens is 216 g/mol. The molecule has 2 aromatic rings. The Hall–Kier alpha value is -1.88. The number of benzene rings is 1. The van der Waals surface area contributed by atoms with Crippen molar-refractivity contribution in [3.63, 3.8) is 0 Å². The van der Waals surface area contributed by atoms with E-state index in [1.807, 2.05) is 37.5 Å². The number of hydrogen-bond donors (Lipinski definition) is 1. The van der Waals surface area contributed by atoms with Crippen LogP contribution in [-0.4, -0.2) is 22.1 Å². The Morgan fingerprint density at radius 2 is 2.18 bits per heavy atom. The molecule has 17 heavy (non-hydrogen) atoms. The molecule has 0 aliphatic rings. The number of aryl methyl sites for hydroxylation is 1. The second-order valence-electron chi connectivity index (χ2n) is 3.94. The van der Waals surface area contributed by atoms with E-state index in [0.29, 0.717) is 6.42 Å². The Balaban J connectivity index is 2.16. The van der Waals surface area contributed by atoms with E-state index >= 15 is 0 Å². The molecule has 0 saturated carbocycles. The van der Waals surface area contributed by atoms with Crippen LogP contribution in [0.4, 0.5) is 0 Å². The van der Waals surface area contributed by atoms with E-state index in [2.05, 4.69) is 10.3 Å². The molecule has 1 aromatic heterocycles. The standard InChI is InChI=1S/C12H16N4O/c1-16-8-9(14-15-16)7-11(13)10-5-3-4-6-12(10)17-2/h3-6,8,11H,7,13H2,1-2H3. The molecule has 0 amide bonds. The quantitative estimate of drug-likeness (QED) is 0.856. The molecule has 2 rings (SSSR count). The lowest BCUT2D eigenvalue weighted by Crippen LogP contribution is -2.14. The third kappa shape index (κ3) is 2.62. The highest BCUT2D eigenvalue weighted by Crippen LogP contribution is 2.24. The highest BCUT2D eigenvalue weighted by molar-refractivity contribution is 5.36. The molecular formula is C12H16N4O. The summed E-state index contributed by atoms with van der Waals surface area (Å²) in [5, 5.41) is 7.91. The van der Waals surface area contributed by atoms with Crippen molar-refractivity contribution in [2.45, 2.75) is 12.5 Å². The first-order valence-corrected chi connectivity index (χ1v) is 5.44. The predicted octanol–water partition coefficient (Wildman–Crippen LogP) is 1.07. The van der Waals surface area contributed by atoms with Gasteiger partial charge in [0, 0.05) is 31.3 Å². The molecule has 0 aliphatic carbocycles. The predicted molar refractivity (Wildman–Crippen MR) is 64.6 cm³/mol. The van der Waals surface area contributed by atoms with Gasteiger partial charge in [-0.3, -0.25) is 4.68 Å². The van der Waals surface area contributed by atoms with Crippen LogP contribution in [0.3, 0.4) is 0 Å². The normalized spacial score (nSPS) is 12.4. The van der Waals surface area contributed by atoms with Crippen LogP contribution in [0, 0.1) is 0 Å². The summed E-state index contributed by atoms with van der Waals surface area (Å²) in [6.45, 7) is 0. The van der Waals surface area contributed by atoms with Gasteiger partial charge in [-0.2, -0.15) is 0 Å². The van der Waals surface area contributed by atoms with Crippen molar-refractivity contribution in [3.05, 3.63) is 41.7 Å². The zero-order valence-corrected chi connectivity index (χ0v) is 10.00. The van der Waals surface area contributed by atoms with Crippen molar-refractivity contribution in [2.75, 3.05) is 7.11 Å². The number of para-hydroxylation sites is 1. The van der Waals surface area contributed by atoms with Gasteiger partial charge in [0.25, 0.3) is 0 Å². The van der Waals surface area contributed by atoms with Gasteiger partial charge in [-0.1, -0.05) is 23.4 Å². The Labute approximate surface area is 100 Å². The second-order valence-corrected chi connectivity index (χ2v) is 3.94. The summed E-state index contributed by atoms with van der Waals surface area (Å²) in [6, 6.07) is 7.63.